The van der Waals surface area contributed by atoms with Crippen LogP contribution in [0.2, 0.25) is 0 Å². The summed E-state index contributed by atoms with van der Waals surface area (Å²) in [5.74, 6) is 1.07. The van der Waals surface area contributed by atoms with E-state index in [4.69, 9.17) is 4.42 Å². The lowest BCUT2D eigenvalue weighted by Gasteiger charge is -2.32. The van der Waals surface area contributed by atoms with Crippen LogP contribution in [0.25, 0.3) is 0 Å². The highest BCUT2D eigenvalue weighted by atomic mass is 32.1. The van der Waals surface area contributed by atoms with Gasteiger partial charge in [0.25, 0.3) is 0 Å². The molecule has 0 amide bonds. The number of nitrogens with one attached hydrogen (secondary N) is 1. The monoisotopic (exact) mass is 304 g/mol. The first-order chi connectivity index (χ1) is 10.1. The summed E-state index contributed by atoms with van der Waals surface area (Å²) in [7, 11) is 0. The molecule has 1 atom stereocenters. The molecule has 0 aliphatic carbocycles. The fraction of sp³-hybridized carbons (Fsp3) is 0.529. The number of rotatable bonds is 5. The molecule has 3 rings (SSSR count). The Morgan fingerprint density at radius 3 is 3.14 bits per heavy atom. The predicted octanol–water partition coefficient (Wildman–Crippen LogP) is 3.96. The van der Waals surface area contributed by atoms with Crippen molar-refractivity contribution in [3.8, 4) is 0 Å². The maximum absolute atomic E-state index is 5.74. The molecule has 0 aromatic carbocycles. The van der Waals surface area contributed by atoms with E-state index < -0.39 is 0 Å². The van der Waals surface area contributed by atoms with Crippen molar-refractivity contribution in [1.29, 1.82) is 0 Å². The Labute approximate surface area is 131 Å². The lowest BCUT2D eigenvalue weighted by Crippen LogP contribution is -2.32. The molecule has 0 fully saturated rings. The van der Waals surface area contributed by atoms with Gasteiger partial charge in [0.15, 0.2) is 0 Å². The zero-order valence-corrected chi connectivity index (χ0v) is 13.9. The van der Waals surface area contributed by atoms with Crippen molar-refractivity contribution in [3.63, 3.8) is 0 Å². The Bertz CT molecular complexity index is 587. The van der Waals surface area contributed by atoms with Crippen LogP contribution in [0.1, 0.15) is 48.6 Å². The van der Waals surface area contributed by atoms with Gasteiger partial charge in [0.2, 0.25) is 0 Å². The van der Waals surface area contributed by atoms with Gasteiger partial charge in [0.1, 0.15) is 5.76 Å². The number of hydrogen-bond acceptors (Lipinski definition) is 4. The van der Waals surface area contributed by atoms with E-state index in [0.717, 1.165) is 25.4 Å². The van der Waals surface area contributed by atoms with Crippen molar-refractivity contribution in [2.24, 2.45) is 0 Å². The number of fused-ring (bicyclic) bond motifs is 1. The van der Waals surface area contributed by atoms with Crippen LogP contribution < -0.4 is 5.32 Å². The van der Waals surface area contributed by atoms with Crippen LogP contribution in [0.4, 0.5) is 0 Å². The molecule has 1 aliphatic rings. The standard InChI is InChI=1S/C17H24N2OS/c1-12(2)18-9-14-8-15(20-11-14)10-19-6-4-17-16(13(19)3)5-7-21-17/h5,7-8,11-13,18H,4,6,9-10H2,1-3H3. The van der Waals surface area contributed by atoms with E-state index in [2.05, 4.69) is 48.5 Å². The highest BCUT2D eigenvalue weighted by molar-refractivity contribution is 7.10. The van der Waals surface area contributed by atoms with E-state index in [0.29, 0.717) is 12.1 Å². The molecule has 1 aliphatic heterocycles. The quantitative estimate of drug-likeness (QED) is 0.906. The van der Waals surface area contributed by atoms with Crippen molar-refractivity contribution >= 4 is 11.3 Å². The topological polar surface area (TPSA) is 28.4 Å². The van der Waals surface area contributed by atoms with Crippen molar-refractivity contribution < 1.29 is 4.42 Å². The minimum Gasteiger partial charge on any atom is -0.468 e. The number of furan rings is 1. The summed E-state index contributed by atoms with van der Waals surface area (Å²) >= 11 is 1.89. The zero-order chi connectivity index (χ0) is 14.8. The summed E-state index contributed by atoms with van der Waals surface area (Å²) in [6, 6.07) is 5.45. The number of thiophene rings is 1. The van der Waals surface area contributed by atoms with Gasteiger partial charge in [-0.15, -0.1) is 11.3 Å². The average molecular weight is 304 g/mol. The Balaban J connectivity index is 1.62. The maximum Gasteiger partial charge on any atom is 0.118 e. The number of hydrogen-bond donors (Lipinski definition) is 1. The zero-order valence-electron chi connectivity index (χ0n) is 13.1. The van der Waals surface area contributed by atoms with E-state index in [9.17, 15) is 0 Å². The molecule has 4 heteroatoms. The molecule has 114 valence electrons. The molecule has 3 heterocycles. The first kappa shape index (κ1) is 14.8. The summed E-state index contributed by atoms with van der Waals surface area (Å²) in [6.45, 7) is 9.52. The van der Waals surface area contributed by atoms with Gasteiger partial charge < -0.3 is 9.73 Å². The van der Waals surface area contributed by atoms with Crippen molar-refractivity contribution in [3.05, 3.63) is 45.5 Å². The molecule has 1 unspecified atom stereocenters. The molecular formula is C17H24N2OS. The van der Waals surface area contributed by atoms with Gasteiger partial charge in [-0.2, -0.15) is 0 Å². The third-order valence-corrected chi connectivity index (χ3v) is 5.18. The fourth-order valence-corrected chi connectivity index (χ4v) is 3.86. The van der Waals surface area contributed by atoms with Gasteiger partial charge in [0.05, 0.1) is 12.8 Å². The molecule has 0 spiro atoms. The molecule has 0 radical (unpaired) electrons. The van der Waals surface area contributed by atoms with Crippen LogP contribution in [0.15, 0.2) is 28.2 Å². The summed E-state index contributed by atoms with van der Waals surface area (Å²) < 4.78 is 5.74. The smallest absolute Gasteiger partial charge is 0.118 e. The van der Waals surface area contributed by atoms with Crippen LogP contribution in [0.3, 0.4) is 0 Å². The molecule has 2 aromatic heterocycles. The van der Waals surface area contributed by atoms with E-state index in [1.54, 1.807) is 4.88 Å². The second-order valence-electron chi connectivity index (χ2n) is 6.15. The molecule has 2 aromatic rings. The van der Waals surface area contributed by atoms with E-state index in [-0.39, 0.29) is 0 Å². The second-order valence-corrected chi connectivity index (χ2v) is 7.15. The summed E-state index contributed by atoms with van der Waals surface area (Å²) in [5.41, 5.74) is 2.74. The Hall–Kier alpha value is -1.10. The van der Waals surface area contributed by atoms with Gasteiger partial charge in [0, 0.05) is 35.6 Å². The molecule has 0 bridgehead atoms. The highest BCUT2D eigenvalue weighted by Crippen LogP contribution is 2.33. The first-order valence-corrected chi connectivity index (χ1v) is 8.61. The minimum atomic E-state index is 0.488. The molecule has 3 nitrogen and oxygen atoms in total. The SMILES string of the molecule is CC(C)NCc1coc(CN2CCc3sccc3C2C)c1. The molecule has 21 heavy (non-hydrogen) atoms. The summed E-state index contributed by atoms with van der Waals surface area (Å²) in [6.07, 6.45) is 3.05. The van der Waals surface area contributed by atoms with Crippen LogP contribution in [0, 0.1) is 0 Å². The van der Waals surface area contributed by atoms with Gasteiger partial charge >= 0.3 is 0 Å². The van der Waals surface area contributed by atoms with E-state index in [1.165, 1.54) is 17.5 Å². The van der Waals surface area contributed by atoms with E-state index >= 15 is 0 Å². The van der Waals surface area contributed by atoms with Gasteiger partial charge in [-0.25, -0.2) is 0 Å². The van der Waals surface area contributed by atoms with E-state index in [1.807, 2.05) is 17.6 Å². The van der Waals surface area contributed by atoms with Gasteiger partial charge in [-0.1, -0.05) is 13.8 Å². The highest BCUT2D eigenvalue weighted by Gasteiger charge is 2.25. The normalized spacial score (nSPS) is 19.1. The third kappa shape index (κ3) is 3.39. The third-order valence-electron chi connectivity index (χ3n) is 4.19. The van der Waals surface area contributed by atoms with Crippen LogP contribution in [-0.2, 0) is 19.5 Å². The Morgan fingerprint density at radius 2 is 2.33 bits per heavy atom. The molecule has 0 saturated carbocycles. The minimum absolute atomic E-state index is 0.488. The summed E-state index contributed by atoms with van der Waals surface area (Å²) in [4.78, 5) is 4.06. The molecular weight excluding hydrogens is 280 g/mol. The van der Waals surface area contributed by atoms with Crippen LogP contribution in [-0.4, -0.2) is 17.5 Å². The predicted molar refractivity (Wildman–Crippen MR) is 87.5 cm³/mol. The van der Waals surface area contributed by atoms with Crippen molar-refractivity contribution in [2.45, 2.75) is 52.4 Å². The molecule has 0 saturated heterocycles. The number of nitrogens with zero attached hydrogens (tertiary/aromatic N) is 1. The van der Waals surface area contributed by atoms with Crippen molar-refractivity contribution in [1.82, 2.24) is 10.2 Å². The Kier molecular flexibility index (Phi) is 4.48. The largest absolute Gasteiger partial charge is 0.468 e. The van der Waals surface area contributed by atoms with Crippen LogP contribution in [0.5, 0.6) is 0 Å². The Morgan fingerprint density at radius 1 is 1.48 bits per heavy atom. The lowest BCUT2D eigenvalue weighted by atomic mass is 10.0. The average Bonchev–Trinajstić information content (AvgIpc) is 3.09. The van der Waals surface area contributed by atoms with Gasteiger partial charge in [-0.05, 0) is 36.4 Å². The van der Waals surface area contributed by atoms with Gasteiger partial charge in [-0.3, -0.25) is 4.90 Å². The lowest BCUT2D eigenvalue weighted by molar-refractivity contribution is 0.177. The first-order valence-electron chi connectivity index (χ1n) is 7.73. The fourth-order valence-electron chi connectivity index (χ4n) is 2.90. The second kappa shape index (κ2) is 6.34. The van der Waals surface area contributed by atoms with Crippen molar-refractivity contribution in [2.75, 3.05) is 6.54 Å². The maximum atomic E-state index is 5.74. The molecule has 1 N–H and O–H groups in total. The summed E-state index contributed by atoms with van der Waals surface area (Å²) in [5, 5.41) is 5.64. The van der Waals surface area contributed by atoms with Crippen LogP contribution >= 0.6 is 11.3 Å².